The zero-order chi connectivity index (χ0) is 13.2. The van der Waals surface area contributed by atoms with E-state index in [1.54, 1.807) is 0 Å². The molecule has 0 spiro atoms. The van der Waals surface area contributed by atoms with Gasteiger partial charge in [-0.3, -0.25) is 0 Å². The van der Waals surface area contributed by atoms with E-state index in [1.807, 2.05) is 7.05 Å². The molecule has 1 atom stereocenters. The van der Waals surface area contributed by atoms with Crippen LogP contribution < -0.4 is 5.32 Å². The Bertz CT molecular complexity index is 570. The van der Waals surface area contributed by atoms with E-state index >= 15 is 0 Å². The molecule has 1 aromatic carbocycles. The average Bonchev–Trinajstić information content (AvgIpc) is 2.95. The number of nitrogens with one attached hydrogen (secondary N) is 1. The van der Waals surface area contributed by atoms with Crippen molar-refractivity contribution in [2.75, 3.05) is 7.05 Å². The van der Waals surface area contributed by atoms with Crippen LogP contribution in [0.3, 0.4) is 0 Å². The fraction of sp³-hybridized carbons (Fsp3) is 0.412. The Morgan fingerprint density at radius 3 is 2.79 bits per heavy atom. The number of rotatable bonds is 3. The molecule has 19 heavy (non-hydrogen) atoms. The Kier molecular flexibility index (Phi) is 3.43. The molecule has 1 aliphatic carbocycles. The van der Waals surface area contributed by atoms with Gasteiger partial charge in [0.2, 0.25) is 0 Å². The van der Waals surface area contributed by atoms with E-state index in [0.29, 0.717) is 0 Å². The van der Waals surface area contributed by atoms with Gasteiger partial charge in [0.1, 0.15) is 11.5 Å². The maximum Gasteiger partial charge on any atom is 0.134 e. The third-order valence-electron chi connectivity index (χ3n) is 4.15. The molecule has 100 valence electrons. The molecule has 1 aliphatic rings. The lowest BCUT2D eigenvalue weighted by molar-refractivity contribution is 0.458. The molecule has 0 saturated heterocycles. The Balaban J connectivity index is 2.00. The molecule has 0 amide bonds. The van der Waals surface area contributed by atoms with Gasteiger partial charge >= 0.3 is 0 Å². The van der Waals surface area contributed by atoms with Crippen molar-refractivity contribution < 1.29 is 4.42 Å². The van der Waals surface area contributed by atoms with Crippen molar-refractivity contribution in [1.82, 2.24) is 5.32 Å². The van der Waals surface area contributed by atoms with Gasteiger partial charge in [0.25, 0.3) is 0 Å². The minimum Gasteiger partial charge on any atom is -0.459 e. The molecule has 1 aromatic heterocycles. The molecule has 0 aliphatic heterocycles. The summed E-state index contributed by atoms with van der Waals surface area (Å²) in [5.41, 5.74) is 4.28. The van der Waals surface area contributed by atoms with Crippen LogP contribution in [0.1, 0.15) is 42.7 Å². The van der Waals surface area contributed by atoms with Crippen LogP contribution in [0.5, 0.6) is 0 Å². The smallest absolute Gasteiger partial charge is 0.134 e. The first-order valence-electron chi connectivity index (χ1n) is 7.17. The van der Waals surface area contributed by atoms with E-state index in [-0.39, 0.29) is 6.04 Å². The number of hydrogen-bond donors (Lipinski definition) is 1. The van der Waals surface area contributed by atoms with Gasteiger partial charge in [-0.05, 0) is 62.9 Å². The van der Waals surface area contributed by atoms with E-state index in [2.05, 4.69) is 42.6 Å². The summed E-state index contributed by atoms with van der Waals surface area (Å²) in [5, 5.41) is 3.21. The number of furan rings is 1. The van der Waals surface area contributed by atoms with Crippen molar-refractivity contribution >= 4 is 0 Å². The van der Waals surface area contributed by atoms with Crippen LogP contribution in [-0.2, 0) is 12.8 Å². The normalized spacial score (nSPS) is 16.1. The van der Waals surface area contributed by atoms with E-state index in [4.69, 9.17) is 4.42 Å². The Morgan fingerprint density at radius 2 is 1.95 bits per heavy atom. The van der Waals surface area contributed by atoms with Crippen molar-refractivity contribution in [3.05, 3.63) is 47.2 Å². The molecule has 3 rings (SSSR count). The molecule has 2 aromatic rings. The highest BCUT2D eigenvalue weighted by atomic mass is 16.3. The molecule has 0 bridgehead atoms. The largest absolute Gasteiger partial charge is 0.459 e. The lowest BCUT2D eigenvalue weighted by Gasteiger charge is -2.18. The molecule has 1 heterocycles. The van der Waals surface area contributed by atoms with Gasteiger partial charge < -0.3 is 9.73 Å². The highest BCUT2D eigenvalue weighted by molar-refractivity contribution is 5.64. The third-order valence-corrected chi connectivity index (χ3v) is 4.15. The SMILES string of the molecule is CNC(C)c1ccc(-c2cccc3c2CCCC3)o1. The quantitative estimate of drug-likeness (QED) is 0.893. The van der Waals surface area contributed by atoms with E-state index in [0.717, 1.165) is 11.5 Å². The fourth-order valence-corrected chi connectivity index (χ4v) is 2.88. The highest BCUT2D eigenvalue weighted by Gasteiger charge is 2.17. The van der Waals surface area contributed by atoms with E-state index < -0.39 is 0 Å². The summed E-state index contributed by atoms with van der Waals surface area (Å²) in [4.78, 5) is 0. The zero-order valence-corrected chi connectivity index (χ0v) is 11.7. The molecular formula is C17H21NO. The van der Waals surface area contributed by atoms with Crippen molar-refractivity contribution in [3.63, 3.8) is 0 Å². The second-order valence-corrected chi connectivity index (χ2v) is 5.36. The average molecular weight is 255 g/mol. The second kappa shape index (κ2) is 5.22. The molecule has 1 unspecified atom stereocenters. The molecule has 2 heteroatoms. The van der Waals surface area contributed by atoms with Crippen LogP contribution in [0.2, 0.25) is 0 Å². The first-order chi connectivity index (χ1) is 9.29. The maximum absolute atomic E-state index is 6.03. The number of fused-ring (bicyclic) bond motifs is 1. The van der Waals surface area contributed by atoms with Crippen LogP contribution in [0.25, 0.3) is 11.3 Å². The van der Waals surface area contributed by atoms with Gasteiger partial charge in [-0.25, -0.2) is 0 Å². The van der Waals surface area contributed by atoms with Crippen LogP contribution in [0.4, 0.5) is 0 Å². The molecule has 0 saturated carbocycles. The number of aryl methyl sites for hydroxylation is 1. The molecule has 2 nitrogen and oxygen atoms in total. The van der Waals surface area contributed by atoms with Gasteiger partial charge in [-0.2, -0.15) is 0 Å². The summed E-state index contributed by atoms with van der Waals surface area (Å²) in [6, 6.07) is 11.1. The predicted molar refractivity (Wildman–Crippen MR) is 78.3 cm³/mol. The predicted octanol–water partition coefficient (Wildman–Crippen LogP) is 4.11. The van der Waals surface area contributed by atoms with Crippen LogP contribution >= 0.6 is 0 Å². The first kappa shape index (κ1) is 12.5. The summed E-state index contributed by atoms with van der Waals surface area (Å²) < 4.78 is 6.03. The molecule has 0 fully saturated rings. The third kappa shape index (κ3) is 2.33. The lowest BCUT2D eigenvalue weighted by atomic mass is 9.87. The number of benzene rings is 1. The first-order valence-corrected chi connectivity index (χ1v) is 7.17. The summed E-state index contributed by atoms with van der Waals surface area (Å²) in [7, 11) is 1.96. The van der Waals surface area contributed by atoms with Gasteiger partial charge in [-0.15, -0.1) is 0 Å². The minimum atomic E-state index is 0.258. The summed E-state index contributed by atoms with van der Waals surface area (Å²) in [5.74, 6) is 2.02. The van der Waals surface area contributed by atoms with Gasteiger partial charge in [0.05, 0.1) is 6.04 Å². The Hall–Kier alpha value is -1.54. The monoisotopic (exact) mass is 255 g/mol. The van der Waals surface area contributed by atoms with Gasteiger partial charge in [0.15, 0.2) is 0 Å². The highest BCUT2D eigenvalue weighted by Crippen LogP contribution is 2.33. The number of hydrogen-bond acceptors (Lipinski definition) is 2. The topological polar surface area (TPSA) is 25.2 Å². The standard InChI is InChI=1S/C17H21NO/c1-12(18-2)16-10-11-17(19-16)15-9-5-7-13-6-3-4-8-14(13)15/h5,7,9-12,18H,3-4,6,8H2,1-2H3. The zero-order valence-electron chi connectivity index (χ0n) is 11.7. The van der Waals surface area contributed by atoms with Crippen molar-refractivity contribution in [2.24, 2.45) is 0 Å². The molecule has 1 N–H and O–H groups in total. The van der Waals surface area contributed by atoms with Crippen molar-refractivity contribution in [1.29, 1.82) is 0 Å². The van der Waals surface area contributed by atoms with Crippen LogP contribution in [0, 0.1) is 0 Å². The summed E-state index contributed by atoms with van der Waals surface area (Å²) >= 11 is 0. The van der Waals surface area contributed by atoms with Crippen LogP contribution in [0.15, 0.2) is 34.7 Å². The maximum atomic E-state index is 6.03. The Labute approximate surface area is 114 Å². The Morgan fingerprint density at radius 1 is 1.11 bits per heavy atom. The van der Waals surface area contributed by atoms with Crippen molar-refractivity contribution in [3.8, 4) is 11.3 Å². The van der Waals surface area contributed by atoms with Gasteiger partial charge in [0, 0.05) is 5.56 Å². The van der Waals surface area contributed by atoms with E-state index in [9.17, 15) is 0 Å². The second-order valence-electron chi connectivity index (χ2n) is 5.36. The summed E-state index contributed by atoms with van der Waals surface area (Å²) in [6.45, 7) is 2.11. The molecule has 0 radical (unpaired) electrons. The minimum absolute atomic E-state index is 0.258. The van der Waals surface area contributed by atoms with Gasteiger partial charge in [-0.1, -0.05) is 18.2 Å². The van der Waals surface area contributed by atoms with Crippen LogP contribution in [-0.4, -0.2) is 7.05 Å². The van der Waals surface area contributed by atoms with Crippen molar-refractivity contribution in [2.45, 2.75) is 38.6 Å². The lowest BCUT2D eigenvalue weighted by Crippen LogP contribution is -2.11. The fourth-order valence-electron chi connectivity index (χ4n) is 2.88. The molecular weight excluding hydrogens is 234 g/mol. The van der Waals surface area contributed by atoms with E-state index in [1.165, 1.54) is 42.4 Å². The summed E-state index contributed by atoms with van der Waals surface area (Å²) in [6.07, 6.45) is 5.01.